The summed E-state index contributed by atoms with van der Waals surface area (Å²) < 4.78 is 8.46. The maximum absolute atomic E-state index is 6.58. The molecule has 0 atom stereocenters. The first-order valence-electron chi connectivity index (χ1n) is 8.10. The molecule has 0 aliphatic carbocycles. The second-order valence-corrected chi connectivity index (χ2v) is 7.16. The van der Waals surface area contributed by atoms with Gasteiger partial charge in [-0.3, -0.25) is 0 Å². The molecule has 0 saturated heterocycles. The highest BCUT2D eigenvalue weighted by molar-refractivity contribution is 9.10. The number of aliphatic imine (C=N–C) groups is 1. The second-order valence-electron chi connectivity index (χ2n) is 5.89. The first-order chi connectivity index (χ1) is 12.6. The molecule has 0 unspecified atom stereocenters. The average molecular weight is 429 g/mol. The van der Waals surface area contributed by atoms with Gasteiger partial charge in [-0.2, -0.15) is 5.10 Å². The molecule has 1 aromatic heterocycles. The Balaban J connectivity index is 1.68. The zero-order valence-corrected chi connectivity index (χ0v) is 16.3. The number of rotatable bonds is 3. The smallest absolute Gasteiger partial charge is 0.221 e. The number of hydrogen-bond acceptors (Lipinski definition) is 3. The molecule has 1 aliphatic rings. The Morgan fingerprint density at radius 2 is 1.96 bits per heavy atom. The minimum absolute atomic E-state index is 0.411. The first-order valence-corrected chi connectivity index (χ1v) is 9.27. The Morgan fingerprint density at radius 3 is 2.73 bits per heavy atom. The van der Waals surface area contributed by atoms with Crippen molar-refractivity contribution in [3.63, 3.8) is 0 Å². The lowest BCUT2D eigenvalue weighted by Crippen LogP contribution is -2.00. The minimum Gasteiger partial charge on any atom is -0.471 e. The molecule has 0 radical (unpaired) electrons. The fraction of sp³-hybridized carbons (Fsp3) is 0.100. The lowest BCUT2D eigenvalue weighted by atomic mass is 10.2. The highest BCUT2D eigenvalue weighted by atomic mass is 79.9. The molecule has 4 nitrogen and oxygen atoms in total. The molecule has 26 heavy (non-hydrogen) atoms. The van der Waals surface area contributed by atoms with Gasteiger partial charge in [0.15, 0.2) is 0 Å². The van der Waals surface area contributed by atoms with Crippen molar-refractivity contribution in [2.45, 2.75) is 6.92 Å². The van der Waals surface area contributed by atoms with Crippen LogP contribution in [-0.4, -0.2) is 22.3 Å². The number of para-hydroxylation sites is 1. The summed E-state index contributed by atoms with van der Waals surface area (Å²) in [4.78, 5) is 4.60. The summed E-state index contributed by atoms with van der Waals surface area (Å²) in [5, 5.41) is 5.12. The summed E-state index contributed by atoms with van der Waals surface area (Å²) >= 11 is 10.0. The van der Waals surface area contributed by atoms with E-state index in [0.29, 0.717) is 17.7 Å². The molecular weight excluding hydrogens is 414 g/mol. The highest BCUT2D eigenvalue weighted by Gasteiger charge is 2.18. The molecule has 2 heterocycles. The Morgan fingerprint density at radius 1 is 1.15 bits per heavy atom. The molecule has 0 saturated carbocycles. The minimum atomic E-state index is 0.411. The predicted molar refractivity (Wildman–Crippen MR) is 108 cm³/mol. The van der Waals surface area contributed by atoms with Crippen molar-refractivity contribution in [2.24, 2.45) is 4.99 Å². The van der Waals surface area contributed by atoms with Gasteiger partial charge in [-0.1, -0.05) is 51.8 Å². The molecule has 3 aromatic rings. The van der Waals surface area contributed by atoms with Gasteiger partial charge in [0.2, 0.25) is 5.90 Å². The van der Waals surface area contributed by atoms with Gasteiger partial charge in [-0.15, -0.1) is 0 Å². The maximum Gasteiger partial charge on any atom is 0.221 e. The van der Waals surface area contributed by atoms with E-state index in [1.165, 1.54) is 0 Å². The van der Waals surface area contributed by atoms with E-state index in [0.717, 1.165) is 32.7 Å². The van der Waals surface area contributed by atoms with Crippen LogP contribution >= 0.6 is 27.5 Å². The van der Waals surface area contributed by atoms with E-state index in [-0.39, 0.29) is 0 Å². The zero-order chi connectivity index (χ0) is 18.1. The topological polar surface area (TPSA) is 39.4 Å². The average Bonchev–Trinajstić information content (AvgIpc) is 3.23. The van der Waals surface area contributed by atoms with Gasteiger partial charge < -0.3 is 4.74 Å². The van der Waals surface area contributed by atoms with Crippen LogP contribution in [0.2, 0.25) is 5.15 Å². The van der Waals surface area contributed by atoms with Gasteiger partial charge in [0.05, 0.1) is 17.1 Å². The van der Waals surface area contributed by atoms with Gasteiger partial charge in [-0.05, 0) is 43.3 Å². The van der Waals surface area contributed by atoms with Gasteiger partial charge in [-0.25, -0.2) is 9.67 Å². The van der Waals surface area contributed by atoms with E-state index >= 15 is 0 Å². The lowest BCUT2D eigenvalue weighted by Gasteiger charge is -2.02. The third kappa shape index (κ3) is 3.32. The number of aromatic nitrogens is 2. The van der Waals surface area contributed by atoms with Gasteiger partial charge in [0.25, 0.3) is 0 Å². The largest absolute Gasteiger partial charge is 0.471 e. The normalized spacial score (nSPS) is 15.2. The number of ether oxygens (including phenoxy) is 1. The summed E-state index contributed by atoms with van der Waals surface area (Å²) in [5.74, 6) is 0.613. The number of benzene rings is 2. The summed E-state index contributed by atoms with van der Waals surface area (Å²) in [6.07, 6.45) is 1.94. The molecule has 0 amide bonds. The molecule has 130 valence electrons. The Hall–Kier alpha value is -2.37. The van der Waals surface area contributed by atoms with E-state index in [1.54, 1.807) is 4.68 Å². The van der Waals surface area contributed by atoms with Crippen molar-refractivity contribution in [1.82, 2.24) is 9.78 Å². The van der Waals surface area contributed by atoms with Crippen LogP contribution in [0.25, 0.3) is 11.8 Å². The summed E-state index contributed by atoms with van der Waals surface area (Å²) in [5.41, 5.74) is 4.38. The van der Waals surface area contributed by atoms with Crippen LogP contribution in [0.5, 0.6) is 0 Å². The van der Waals surface area contributed by atoms with Crippen molar-refractivity contribution >= 4 is 39.5 Å². The Bertz CT molecular complexity index is 1020. The SMILES string of the molecule is Cc1nn(-c2ccccc2)c(Cl)c1/C=C1/COC(c2cccc(Br)c2)=N1. The summed E-state index contributed by atoms with van der Waals surface area (Å²) in [6.45, 7) is 2.35. The Kier molecular flexibility index (Phi) is 4.66. The van der Waals surface area contributed by atoms with Crippen molar-refractivity contribution in [3.8, 4) is 5.69 Å². The van der Waals surface area contributed by atoms with Crippen LogP contribution in [0.3, 0.4) is 0 Å². The van der Waals surface area contributed by atoms with E-state index in [2.05, 4.69) is 26.0 Å². The zero-order valence-electron chi connectivity index (χ0n) is 14.0. The first kappa shape index (κ1) is 17.1. The quantitative estimate of drug-likeness (QED) is 0.559. The molecule has 0 spiro atoms. The maximum atomic E-state index is 6.58. The third-order valence-electron chi connectivity index (χ3n) is 4.03. The van der Waals surface area contributed by atoms with Crippen LogP contribution < -0.4 is 0 Å². The predicted octanol–water partition coefficient (Wildman–Crippen LogP) is 5.41. The lowest BCUT2D eigenvalue weighted by molar-refractivity contribution is 0.365. The second kappa shape index (κ2) is 7.09. The summed E-state index contributed by atoms with van der Waals surface area (Å²) in [7, 11) is 0. The molecule has 4 rings (SSSR count). The van der Waals surface area contributed by atoms with Crippen molar-refractivity contribution in [2.75, 3.05) is 6.61 Å². The van der Waals surface area contributed by atoms with Crippen LogP contribution in [0.1, 0.15) is 16.8 Å². The molecule has 0 fully saturated rings. The van der Waals surface area contributed by atoms with E-state index in [1.807, 2.05) is 67.6 Å². The van der Waals surface area contributed by atoms with Crippen LogP contribution in [-0.2, 0) is 4.74 Å². The monoisotopic (exact) mass is 427 g/mol. The summed E-state index contributed by atoms with van der Waals surface area (Å²) in [6, 6.07) is 17.7. The molecule has 0 N–H and O–H groups in total. The fourth-order valence-electron chi connectivity index (χ4n) is 2.76. The van der Waals surface area contributed by atoms with E-state index in [9.17, 15) is 0 Å². The van der Waals surface area contributed by atoms with E-state index in [4.69, 9.17) is 16.3 Å². The number of halogens is 2. The van der Waals surface area contributed by atoms with Crippen LogP contribution in [0.4, 0.5) is 0 Å². The molecule has 6 heteroatoms. The standard InChI is InChI=1S/C20H15BrClN3O/c1-13-18(19(22)25(24-13)17-8-3-2-4-9-17)11-16-12-26-20(23-16)14-6-5-7-15(21)10-14/h2-11H,12H2,1H3/b16-11-. The third-order valence-corrected chi connectivity index (χ3v) is 4.89. The molecule has 1 aliphatic heterocycles. The number of aryl methyl sites for hydroxylation is 1. The van der Waals surface area contributed by atoms with Crippen LogP contribution in [0, 0.1) is 6.92 Å². The van der Waals surface area contributed by atoms with Gasteiger partial charge >= 0.3 is 0 Å². The molecular formula is C20H15BrClN3O. The fourth-order valence-corrected chi connectivity index (χ4v) is 3.49. The van der Waals surface area contributed by atoms with Crippen molar-refractivity contribution in [3.05, 3.63) is 86.7 Å². The van der Waals surface area contributed by atoms with Crippen LogP contribution in [0.15, 0.2) is 69.8 Å². The van der Waals surface area contributed by atoms with E-state index < -0.39 is 0 Å². The van der Waals surface area contributed by atoms with Gasteiger partial charge in [0.1, 0.15) is 11.8 Å². The van der Waals surface area contributed by atoms with Gasteiger partial charge in [0, 0.05) is 15.6 Å². The highest BCUT2D eigenvalue weighted by Crippen LogP contribution is 2.27. The Labute approximate surface area is 164 Å². The van der Waals surface area contributed by atoms with Crippen molar-refractivity contribution in [1.29, 1.82) is 0 Å². The molecule has 0 bridgehead atoms. The molecule has 2 aromatic carbocycles. The van der Waals surface area contributed by atoms with Crippen molar-refractivity contribution < 1.29 is 4.74 Å². The number of nitrogens with zero attached hydrogens (tertiary/aromatic N) is 3. The number of hydrogen-bond donors (Lipinski definition) is 0.